The number of hydrazine groups is 1. The van der Waals surface area contributed by atoms with Gasteiger partial charge < -0.3 is 9.47 Å². The Morgan fingerprint density at radius 2 is 2.54 bits per heavy atom. The van der Waals surface area contributed by atoms with E-state index < -0.39 is 12.1 Å². The van der Waals surface area contributed by atoms with Crippen molar-refractivity contribution in [3.05, 3.63) is 11.8 Å². The normalized spacial score (nSPS) is 14.5. The summed E-state index contributed by atoms with van der Waals surface area (Å²) < 4.78 is 9.13. The summed E-state index contributed by atoms with van der Waals surface area (Å²) in [4.78, 5) is 21.3. The molecule has 0 saturated carbocycles. The summed E-state index contributed by atoms with van der Waals surface area (Å²) in [6.07, 6.45) is 0.661. The van der Waals surface area contributed by atoms with Crippen LogP contribution in [0.2, 0.25) is 0 Å². The molecule has 1 rings (SSSR count). The largest absolute Gasteiger partial charge is 0.456 e. The zero-order valence-electron chi connectivity index (χ0n) is 7.12. The first-order chi connectivity index (χ1) is 6.22. The maximum Gasteiger partial charge on any atom is 0.425 e. The van der Waals surface area contributed by atoms with Crippen molar-refractivity contribution in [2.75, 3.05) is 13.2 Å². The van der Waals surface area contributed by atoms with Crippen LogP contribution in [-0.2, 0) is 14.3 Å². The third kappa shape index (κ3) is 3.02. The molecule has 0 aromatic rings. The van der Waals surface area contributed by atoms with Crippen molar-refractivity contribution in [1.82, 2.24) is 10.9 Å². The Morgan fingerprint density at radius 3 is 3.08 bits per heavy atom. The Hall–Kier alpha value is -1.72. The van der Waals surface area contributed by atoms with Crippen molar-refractivity contribution < 1.29 is 19.1 Å². The highest BCUT2D eigenvalue weighted by Crippen LogP contribution is 2.00. The summed E-state index contributed by atoms with van der Waals surface area (Å²) in [5.74, 6) is -0.423. The van der Waals surface area contributed by atoms with Crippen molar-refractivity contribution in [2.45, 2.75) is 6.92 Å². The van der Waals surface area contributed by atoms with Gasteiger partial charge in [0.1, 0.15) is 6.61 Å². The molecule has 0 aromatic carbocycles. The standard InChI is InChI=1S/C7H10N2O4/c1-2-12-7(11)9-8-5-3-6(10)13-4-5/h3,8H,2,4H2,1H3,(H,9,11). The lowest BCUT2D eigenvalue weighted by molar-refractivity contribution is -0.134. The number of rotatable bonds is 3. The van der Waals surface area contributed by atoms with Gasteiger partial charge in [0.05, 0.1) is 12.3 Å². The maximum atomic E-state index is 10.7. The van der Waals surface area contributed by atoms with Gasteiger partial charge in [0, 0.05) is 6.08 Å². The van der Waals surface area contributed by atoms with Crippen LogP contribution in [0.3, 0.4) is 0 Å². The second-order valence-electron chi connectivity index (χ2n) is 2.25. The summed E-state index contributed by atoms with van der Waals surface area (Å²) in [5, 5.41) is 0. The van der Waals surface area contributed by atoms with Crippen LogP contribution in [-0.4, -0.2) is 25.3 Å². The van der Waals surface area contributed by atoms with E-state index in [0.717, 1.165) is 0 Å². The second-order valence-corrected chi connectivity index (χ2v) is 2.25. The predicted molar refractivity (Wildman–Crippen MR) is 42.3 cm³/mol. The predicted octanol–water partition coefficient (Wildman–Crippen LogP) is -0.322. The van der Waals surface area contributed by atoms with E-state index in [0.29, 0.717) is 12.3 Å². The number of amides is 1. The Morgan fingerprint density at radius 1 is 1.77 bits per heavy atom. The first-order valence-electron chi connectivity index (χ1n) is 3.78. The molecule has 1 amide bonds. The van der Waals surface area contributed by atoms with E-state index in [1.807, 2.05) is 0 Å². The summed E-state index contributed by atoms with van der Waals surface area (Å²) >= 11 is 0. The van der Waals surface area contributed by atoms with Crippen LogP contribution < -0.4 is 10.9 Å². The monoisotopic (exact) mass is 186 g/mol. The minimum absolute atomic E-state index is 0.144. The molecule has 0 atom stereocenters. The van der Waals surface area contributed by atoms with Crippen LogP contribution in [0.1, 0.15) is 6.92 Å². The van der Waals surface area contributed by atoms with Crippen LogP contribution in [0, 0.1) is 0 Å². The van der Waals surface area contributed by atoms with Gasteiger partial charge in [0.15, 0.2) is 0 Å². The Labute approximate surface area is 74.9 Å². The van der Waals surface area contributed by atoms with Crippen molar-refractivity contribution in [3.8, 4) is 0 Å². The molecule has 6 nitrogen and oxygen atoms in total. The van der Waals surface area contributed by atoms with E-state index in [9.17, 15) is 9.59 Å². The van der Waals surface area contributed by atoms with Gasteiger partial charge >= 0.3 is 12.1 Å². The van der Waals surface area contributed by atoms with Gasteiger partial charge in [-0.25, -0.2) is 15.0 Å². The van der Waals surface area contributed by atoms with E-state index in [1.165, 1.54) is 6.08 Å². The van der Waals surface area contributed by atoms with Crippen molar-refractivity contribution in [1.29, 1.82) is 0 Å². The SMILES string of the molecule is CCOC(=O)NNC1=CC(=O)OC1. The van der Waals surface area contributed by atoms with Crippen LogP contribution in [0.25, 0.3) is 0 Å². The molecule has 72 valence electrons. The average Bonchev–Trinajstić information content (AvgIpc) is 2.49. The van der Waals surface area contributed by atoms with E-state index in [2.05, 4.69) is 20.3 Å². The maximum absolute atomic E-state index is 10.7. The van der Waals surface area contributed by atoms with Gasteiger partial charge in [-0.1, -0.05) is 0 Å². The molecule has 0 bridgehead atoms. The van der Waals surface area contributed by atoms with Gasteiger partial charge in [-0.05, 0) is 6.92 Å². The van der Waals surface area contributed by atoms with E-state index in [4.69, 9.17) is 0 Å². The topological polar surface area (TPSA) is 76.7 Å². The molecule has 2 N–H and O–H groups in total. The quantitative estimate of drug-likeness (QED) is 0.466. The van der Waals surface area contributed by atoms with Crippen LogP contribution >= 0.6 is 0 Å². The minimum Gasteiger partial charge on any atom is -0.456 e. The van der Waals surface area contributed by atoms with Crippen LogP contribution in [0.4, 0.5) is 4.79 Å². The van der Waals surface area contributed by atoms with E-state index in [-0.39, 0.29) is 6.61 Å². The molecule has 0 aliphatic carbocycles. The Bertz CT molecular complexity index is 249. The molecule has 6 heteroatoms. The lowest BCUT2D eigenvalue weighted by atomic mass is 10.5. The van der Waals surface area contributed by atoms with Crippen molar-refractivity contribution in [3.63, 3.8) is 0 Å². The van der Waals surface area contributed by atoms with Crippen LogP contribution in [0.5, 0.6) is 0 Å². The smallest absolute Gasteiger partial charge is 0.425 e. The number of esters is 1. The second kappa shape index (κ2) is 4.34. The Kier molecular flexibility index (Phi) is 3.13. The van der Waals surface area contributed by atoms with Gasteiger partial charge in [0.25, 0.3) is 0 Å². The molecule has 0 spiro atoms. The zero-order chi connectivity index (χ0) is 9.68. The number of carbonyl (C=O) groups is 2. The first-order valence-corrected chi connectivity index (χ1v) is 3.78. The number of carbonyl (C=O) groups excluding carboxylic acids is 2. The van der Waals surface area contributed by atoms with E-state index >= 15 is 0 Å². The number of hydrogen-bond acceptors (Lipinski definition) is 5. The summed E-state index contributed by atoms with van der Waals surface area (Å²) in [5.41, 5.74) is 5.22. The van der Waals surface area contributed by atoms with Gasteiger partial charge in [0.2, 0.25) is 0 Å². The van der Waals surface area contributed by atoms with Crippen molar-refractivity contribution in [2.24, 2.45) is 0 Å². The fourth-order valence-electron chi connectivity index (χ4n) is 0.745. The number of ether oxygens (including phenoxy) is 2. The molecular weight excluding hydrogens is 176 g/mol. The molecule has 0 fully saturated rings. The molecule has 1 aliphatic heterocycles. The lowest BCUT2D eigenvalue weighted by Gasteiger charge is -2.06. The van der Waals surface area contributed by atoms with Crippen LogP contribution in [0.15, 0.2) is 11.8 Å². The molecule has 0 saturated heterocycles. The fourth-order valence-corrected chi connectivity index (χ4v) is 0.745. The number of cyclic esters (lactones) is 1. The molecule has 0 radical (unpaired) electrons. The average molecular weight is 186 g/mol. The fraction of sp³-hybridized carbons (Fsp3) is 0.429. The highest BCUT2D eigenvalue weighted by Gasteiger charge is 2.12. The molecule has 1 aliphatic rings. The molecule has 0 aromatic heterocycles. The summed E-state index contributed by atoms with van der Waals surface area (Å²) in [7, 11) is 0. The first kappa shape index (κ1) is 9.37. The molecular formula is C7H10N2O4. The third-order valence-corrected chi connectivity index (χ3v) is 1.26. The minimum atomic E-state index is -0.595. The van der Waals surface area contributed by atoms with Crippen molar-refractivity contribution >= 4 is 12.1 Å². The highest BCUT2D eigenvalue weighted by molar-refractivity contribution is 5.85. The number of hydrogen-bond donors (Lipinski definition) is 2. The lowest BCUT2D eigenvalue weighted by Crippen LogP contribution is -2.37. The zero-order valence-corrected chi connectivity index (χ0v) is 7.12. The van der Waals surface area contributed by atoms with Gasteiger partial charge in [-0.2, -0.15) is 0 Å². The van der Waals surface area contributed by atoms with E-state index in [1.54, 1.807) is 6.92 Å². The molecule has 13 heavy (non-hydrogen) atoms. The summed E-state index contributed by atoms with van der Waals surface area (Å²) in [6, 6.07) is 0. The molecule has 0 unspecified atom stereocenters. The van der Waals surface area contributed by atoms with Gasteiger partial charge in [-0.15, -0.1) is 0 Å². The Balaban J connectivity index is 2.23. The van der Waals surface area contributed by atoms with Gasteiger partial charge in [-0.3, -0.25) is 5.43 Å². The highest BCUT2D eigenvalue weighted by atomic mass is 16.6. The summed E-state index contributed by atoms with van der Waals surface area (Å²) in [6.45, 7) is 2.13. The third-order valence-electron chi connectivity index (χ3n) is 1.26. The molecule has 1 heterocycles. The number of nitrogens with one attached hydrogen (secondary N) is 2.